The molecular weight excluding hydrogens is 244 g/mol. The highest BCUT2D eigenvalue weighted by Gasteiger charge is 2.13. The molecule has 0 aliphatic carbocycles. The van der Waals surface area contributed by atoms with E-state index in [1.54, 1.807) is 0 Å². The average Bonchev–Trinajstić information content (AvgIpc) is 2.27. The second-order valence-corrected chi connectivity index (χ2v) is 5.74. The molecule has 0 amide bonds. The summed E-state index contributed by atoms with van der Waals surface area (Å²) in [5.41, 5.74) is 2.90. The lowest BCUT2D eigenvalue weighted by Crippen LogP contribution is -2.10. The summed E-state index contributed by atoms with van der Waals surface area (Å²) in [6.07, 6.45) is 0. The van der Waals surface area contributed by atoms with E-state index in [2.05, 4.69) is 42.9 Å². The van der Waals surface area contributed by atoms with Gasteiger partial charge in [0.15, 0.2) is 4.77 Å². The topological polar surface area (TPSA) is 48.6 Å². The predicted octanol–water partition coefficient (Wildman–Crippen LogP) is 3.40. The molecule has 0 aliphatic rings. The van der Waals surface area contributed by atoms with Crippen molar-refractivity contribution in [3.63, 3.8) is 0 Å². The van der Waals surface area contributed by atoms with E-state index in [-0.39, 0.29) is 11.0 Å². The molecule has 1 aromatic carbocycles. The lowest BCUT2D eigenvalue weighted by molar-refractivity contribution is 0.590. The van der Waals surface area contributed by atoms with Crippen LogP contribution in [0.15, 0.2) is 35.1 Å². The van der Waals surface area contributed by atoms with Crippen molar-refractivity contribution in [3.8, 4) is 11.3 Å². The first-order valence-electron chi connectivity index (χ1n) is 5.81. The second kappa shape index (κ2) is 4.53. The van der Waals surface area contributed by atoms with Crippen LogP contribution in [0.5, 0.6) is 0 Å². The van der Waals surface area contributed by atoms with Gasteiger partial charge >= 0.3 is 0 Å². The fraction of sp³-hybridized carbons (Fsp3) is 0.286. The Hall–Kier alpha value is -1.68. The van der Waals surface area contributed by atoms with Gasteiger partial charge in [-0.15, -0.1) is 0 Å². The fourth-order valence-corrected chi connectivity index (χ4v) is 1.98. The first kappa shape index (κ1) is 12.8. The molecule has 3 nitrogen and oxygen atoms in total. The molecule has 0 spiro atoms. The van der Waals surface area contributed by atoms with Gasteiger partial charge in [0.05, 0.1) is 5.69 Å². The van der Waals surface area contributed by atoms with Crippen LogP contribution in [0, 0.1) is 4.77 Å². The van der Waals surface area contributed by atoms with Gasteiger partial charge in [-0.25, -0.2) is 0 Å². The summed E-state index contributed by atoms with van der Waals surface area (Å²) >= 11 is 4.96. The zero-order valence-electron chi connectivity index (χ0n) is 10.7. The van der Waals surface area contributed by atoms with E-state index < -0.39 is 0 Å². The number of aromatic amines is 2. The molecule has 0 fully saturated rings. The SMILES string of the molecule is CC(C)(C)c1ccc(-c2cc(=O)[nH]c(=S)[nH]2)cc1. The van der Waals surface area contributed by atoms with Gasteiger partial charge in [-0.3, -0.25) is 9.78 Å². The third kappa shape index (κ3) is 2.76. The summed E-state index contributed by atoms with van der Waals surface area (Å²) in [5, 5.41) is 0. The lowest BCUT2D eigenvalue weighted by Gasteiger charge is -2.19. The van der Waals surface area contributed by atoms with Crippen molar-refractivity contribution in [2.75, 3.05) is 0 Å². The highest BCUT2D eigenvalue weighted by Crippen LogP contribution is 2.24. The van der Waals surface area contributed by atoms with E-state index in [0.29, 0.717) is 4.77 Å². The van der Waals surface area contributed by atoms with Crippen molar-refractivity contribution in [2.24, 2.45) is 0 Å². The van der Waals surface area contributed by atoms with Crippen LogP contribution >= 0.6 is 12.2 Å². The molecule has 0 saturated heterocycles. The van der Waals surface area contributed by atoms with E-state index in [4.69, 9.17) is 12.2 Å². The largest absolute Gasteiger partial charge is 0.332 e. The Morgan fingerprint density at radius 1 is 1.06 bits per heavy atom. The molecule has 1 heterocycles. The number of hydrogen-bond acceptors (Lipinski definition) is 2. The van der Waals surface area contributed by atoms with Crippen molar-refractivity contribution >= 4 is 12.2 Å². The molecule has 18 heavy (non-hydrogen) atoms. The Balaban J connectivity index is 2.47. The number of aromatic nitrogens is 2. The molecule has 2 rings (SSSR count). The molecule has 4 heteroatoms. The van der Waals surface area contributed by atoms with Gasteiger partial charge in [0.2, 0.25) is 0 Å². The summed E-state index contributed by atoms with van der Waals surface area (Å²) in [4.78, 5) is 16.9. The summed E-state index contributed by atoms with van der Waals surface area (Å²) in [6.45, 7) is 6.51. The Labute approximate surface area is 111 Å². The van der Waals surface area contributed by atoms with Crippen LogP contribution in [0.4, 0.5) is 0 Å². The number of H-pyrrole nitrogens is 2. The monoisotopic (exact) mass is 260 g/mol. The van der Waals surface area contributed by atoms with Crippen molar-refractivity contribution in [2.45, 2.75) is 26.2 Å². The van der Waals surface area contributed by atoms with Crippen molar-refractivity contribution in [3.05, 3.63) is 51.0 Å². The van der Waals surface area contributed by atoms with Crippen LogP contribution in [0.25, 0.3) is 11.3 Å². The molecule has 0 radical (unpaired) electrons. The summed E-state index contributed by atoms with van der Waals surface area (Å²) < 4.78 is 0.345. The van der Waals surface area contributed by atoms with E-state index in [1.165, 1.54) is 11.6 Å². The van der Waals surface area contributed by atoms with Gasteiger partial charge in [0.1, 0.15) is 0 Å². The zero-order chi connectivity index (χ0) is 13.3. The summed E-state index contributed by atoms with van der Waals surface area (Å²) in [6, 6.07) is 9.67. The molecule has 0 saturated carbocycles. The minimum atomic E-state index is -0.186. The maximum absolute atomic E-state index is 11.4. The van der Waals surface area contributed by atoms with Gasteiger partial charge in [0, 0.05) is 6.07 Å². The normalized spacial score (nSPS) is 11.5. The van der Waals surface area contributed by atoms with Crippen LogP contribution in [-0.4, -0.2) is 9.97 Å². The van der Waals surface area contributed by atoms with Crippen LogP contribution in [0.2, 0.25) is 0 Å². The zero-order valence-corrected chi connectivity index (χ0v) is 11.5. The molecule has 0 bridgehead atoms. The first-order valence-corrected chi connectivity index (χ1v) is 6.22. The second-order valence-electron chi connectivity index (χ2n) is 5.33. The molecule has 94 valence electrons. The average molecular weight is 260 g/mol. The minimum absolute atomic E-state index is 0.125. The van der Waals surface area contributed by atoms with Crippen LogP contribution in [0.3, 0.4) is 0 Å². The van der Waals surface area contributed by atoms with Crippen LogP contribution in [0.1, 0.15) is 26.3 Å². The standard InChI is InChI=1S/C14H16N2OS/c1-14(2,3)10-6-4-9(5-7-10)11-8-12(17)16-13(18)15-11/h4-8H,1-3H3,(H2,15,16,17,18). The molecule has 2 aromatic rings. The van der Waals surface area contributed by atoms with Crippen molar-refractivity contribution in [1.29, 1.82) is 0 Å². The van der Waals surface area contributed by atoms with E-state index >= 15 is 0 Å². The van der Waals surface area contributed by atoms with E-state index in [9.17, 15) is 4.79 Å². The van der Waals surface area contributed by atoms with Gasteiger partial charge < -0.3 is 4.98 Å². The summed E-state index contributed by atoms with van der Waals surface area (Å²) in [5.74, 6) is 0. The summed E-state index contributed by atoms with van der Waals surface area (Å²) in [7, 11) is 0. The minimum Gasteiger partial charge on any atom is -0.332 e. The van der Waals surface area contributed by atoms with Crippen LogP contribution < -0.4 is 5.56 Å². The van der Waals surface area contributed by atoms with Crippen LogP contribution in [-0.2, 0) is 5.41 Å². The molecule has 0 aliphatic heterocycles. The Bertz CT molecular complexity index is 631. The number of nitrogens with one attached hydrogen (secondary N) is 2. The lowest BCUT2D eigenvalue weighted by atomic mass is 9.86. The highest BCUT2D eigenvalue weighted by molar-refractivity contribution is 7.71. The number of benzene rings is 1. The van der Waals surface area contributed by atoms with Crippen molar-refractivity contribution < 1.29 is 0 Å². The Kier molecular flexibility index (Phi) is 3.22. The van der Waals surface area contributed by atoms with Gasteiger partial charge in [0.25, 0.3) is 5.56 Å². The Morgan fingerprint density at radius 3 is 2.17 bits per heavy atom. The smallest absolute Gasteiger partial charge is 0.252 e. The Morgan fingerprint density at radius 2 is 1.67 bits per heavy atom. The number of rotatable bonds is 1. The fourth-order valence-electron chi connectivity index (χ4n) is 1.77. The van der Waals surface area contributed by atoms with Gasteiger partial charge in [-0.1, -0.05) is 45.0 Å². The molecular formula is C14H16N2OS. The maximum Gasteiger partial charge on any atom is 0.252 e. The molecule has 2 N–H and O–H groups in total. The first-order chi connectivity index (χ1) is 8.36. The third-order valence-electron chi connectivity index (χ3n) is 2.82. The van der Waals surface area contributed by atoms with Gasteiger partial charge in [-0.05, 0) is 28.8 Å². The van der Waals surface area contributed by atoms with Gasteiger partial charge in [-0.2, -0.15) is 0 Å². The molecule has 1 aromatic heterocycles. The molecule has 0 atom stereocenters. The maximum atomic E-state index is 11.4. The quantitative estimate of drug-likeness (QED) is 0.772. The molecule has 0 unspecified atom stereocenters. The van der Waals surface area contributed by atoms with E-state index in [1.807, 2.05) is 12.1 Å². The third-order valence-corrected chi connectivity index (χ3v) is 3.03. The number of hydrogen-bond donors (Lipinski definition) is 2. The predicted molar refractivity (Wildman–Crippen MR) is 76.4 cm³/mol. The van der Waals surface area contributed by atoms with E-state index in [0.717, 1.165) is 11.3 Å². The highest BCUT2D eigenvalue weighted by atomic mass is 32.1. The van der Waals surface area contributed by atoms with Crippen molar-refractivity contribution in [1.82, 2.24) is 9.97 Å².